The van der Waals surface area contributed by atoms with Gasteiger partial charge >= 0.3 is 0 Å². The van der Waals surface area contributed by atoms with Gasteiger partial charge in [-0.1, -0.05) is 30.3 Å². The SMILES string of the molecule is COCCNC(=O)c1ccc(N(Cc2ccccc2)S(C)(=O)=O)cc1. The number of rotatable bonds is 8. The van der Waals surface area contributed by atoms with Crippen molar-refractivity contribution in [2.45, 2.75) is 6.54 Å². The summed E-state index contributed by atoms with van der Waals surface area (Å²) in [6.45, 7) is 1.09. The lowest BCUT2D eigenvalue weighted by molar-refractivity contribution is 0.0937. The van der Waals surface area contributed by atoms with Gasteiger partial charge in [-0.2, -0.15) is 0 Å². The third kappa shape index (κ3) is 5.58. The molecule has 0 atom stereocenters. The topological polar surface area (TPSA) is 75.7 Å². The van der Waals surface area contributed by atoms with Crippen molar-refractivity contribution in [3.63, 3.8) is 0 Å². The van der Waals surface area contributed by atoms with Crippen LogP contribution in [-0.2, 0) is 21.3 Å². The van der Waals surface area contributed by atoms with E-state index in [0.717, 1.165) is 5.56 Å². The number of methoxy groups -OCH3 is 1. The van der Waals surface area contributed by atoms with Gasteiger partial charge in [0.25, 0.3) is 5.91 Å². The van der Waals surface area contributed by atoms with Gasteiger partial charge in [0, 0.05) is 19.2 Å². The highest BCUT2D eigenvalue weighted by Gasteiger charge is 2.18. The smallest absolute Gasteiger partial charge is 0.251 e. The molecule has 7 heteroatoms. The minimum Gasteiger partial charge on any atom is -0.383 e. The van der Waals surface area contributed by atoms with Crippen molar-refractivity contribution in [1.82, 2.24) is 5.32 Å². The monoisotopic (exact) mass is 362 g/mol. The zero-order chi connectivity index (χ0) is 18.3. The number of sulfonamides is 1. The van der Waals surface area contributed by atoms with Crippen LogP contribution in [-0.4, -0.2) is 40.8 Å². The number of benzene rings is 2. The standard InChI is InChI=1S/C18H22N2O4S/c1-24-13-12-19-18(21)16-8-10-17(11-9-16)20(25(2,22)23)14-15-6-4-3-5-7-15/h3-11H,12-14H2,1-2H3,(H,19,21). The molecule has 0 fully saturated rings. The second-order valence-corrected chi connectivity index (χ2v) is 7.46. The highest BCUT2D eigenvalue weighted by molar-refractivity contribution is 7.92. The highest BCUT2D eigenvalue weighted by Crippen LogP contribution is 2.21. The van der Waals surface area contributed by atoms with Crippen molar-refractivity contribution >= 4 is 21.6 Å². The first-order chi connectivity index (χ1) is 11.9. The number of hydrogen-bond acceptors (Lipinski definition) is 4. The lowest BCUT2D eigenvalue weighted by Crippen LogP contribution is -2.29. The van der Waals surface area contributed by atoms with Crippen LogP contribution in [0.15, 0.2) is 54.6 Å². The number of anilines is 1. The normalized spacial score (nSPS) is 11.1. The van der Waals surface area contributed by atoms with E-state index in [2.05, 4.69) is 5.32 Å². The van der Waals surface area contributed by atoms with E-state index >= 15 is 0 Å². The fraction of sp³-hybridized carbons (Fsp3) is 0.278. The predicted octanol–water partition coefficient (Wildman–Crippen LogP) is 2.03. The van der Waals surface area contributed by atoms with Crippen molar-refractivity contribution in [2.75, 3.05) is 30.8 Å². The Balaban J connectivity index is 2.17. The molecule has 0 saturated heterocycles. The maximum absolute atomic E-state index is 12.2. The van der Waals surface area contributed by atoms with Gasteiger partial charge < -0.3 is 10.1 Å². The largest absolute Gasteiger partial charge is 0.383 e. The summed E-state index contributed by atoms with van der Waals surface area (Å²) in [4.78, 5) is 12.0. The summed E-state index contributed by atoms with van der Waals surface area (Å²) >= 11 is 0. The predicted molar refractivity (Wildman–Crippen MR) is 98.1 cm³/mol. The molecule has 2 aromatic rings. The Kier molecular flexibility index (Phi) is 6.55. The van der Waals surface area contributed by atoms with Crippen molar-refractivity contribution in [3.05, 3.63) is 65.7 Å². The van der Waals surface area contributed by atoms with Crippen LogP contribution < -0.4 is 9.62 Å². The number of nitrogens with zero attached hydrogens (tertiary/aromatic N) is 1. The highest BCUT2D eigenvalue weighted by atomic mass is 32.2. The van der Waals surface area contributed by atoms with Crippen LogP contribution in [0.2, 0.25) is 0 Å². The van der Waals surface area contributed by atoms with E-state index < -0.39 is 10.0 Å². The zero-order valence-electron chi connectivity index (χ0n) is 14.3. The molecule has 0 bridgehead atoms. The first kappa shape index (κ1) is 19.0. The minimum absolute atomic E-state index is 0.224. The number of hydrogen-bond donors (Lipinski definition) is 1. The second kappa shape index (κ2) is 8.64. The number of carbonyl (C=O) groups excluding carboxylic acids is 1. The Morgan fingerprint density at radius 1 is 1.08 bits per heavy atom. The van der Waals surface area contributed by atoms with Crippen molar-refractivity contribution in [1.29, 1.82) is 0 Å². The summed E-state index contributed by atoms with van der Waals surface area (Å²) in [6.07, 6.45) is 1.17. The molecule has 2 aromatic carbocycles. The van der Waals surface area contributed by atoms with Crippen LogP contribution in [0.1, 0.15) is 15.9 Å². The quantitative estimate of drug-likeness (QED) is 0.729. The van der Waals surface area contributed by atoms with Crippen LogP contribution in [0, 0.1) is 0 Å². The summed E-state index contributed by atoms with van der Waals surface area (Å²) in [5.41, 5.74) is 1.86. The molecule has 1 amide bonds. The number of carbonyl (C=O) groups is 1. The Hall–Kier alpha value is -2.38. The van der Waals surface area contributed by atoms with Gasteiger partial charge in [0.05, 0.1) is 25.1 Å². The van der Waals surface area contributed by atoms with E-state index in [1.54, 1.807) is 31.4 Å². The molecule has 0 aromatic heterocycles. The molecule has 134 valence electrons. The fourth-order valence-electron chi connectivity index (χ4n) is 2.30. The van der Waals surface area contributed by atoms with Crippen LogP contribution in [0.3, 0.4) is 0 Å². The van der Waals surface area contributed by atoms with E-state index in [9.17, 15) is 13.2 Å². The Bertz CT molecular complexity index is 790. The van der Waals surface area contributed by atoms with Gasteiger partial charge in [0.2, 0.25) is 10.0 Å². The third-order valence-corrected chi connectivity index (χ3v) is 4.72. The Morgan fingerprint density at radius 2 is 1.72 bits per heavy atom. The summed E-state index contributed by atoms with van der Waals surface area (Å²) < 4.78 is 30.5. The first-order valence-electron chi connectivity index (χ1n) is 7.80. The molecule has 0 aliphatic heterocycles. The lowest BCUT2D eigenvalue weighted by atomic mass is 10.2. The first-order valence-corrected chi connectivity index (χ1v) is 9.65. The van der Waals surface area contributed by atoms with Gasteiger partial charge in [-0.05, 0) is 29.8 Å². The van der Waals surface area contributed by atoms with Crippen LogP contribution in [0.4, 0.5) is 5.69 Å². The van der Waals surface area contributed by atoms with E-state index in [1.807, 2.05) is 30.3 Å². The number of ether oxygens (including phenoxy) is 1. The second-order valence-electron chi connectivity index (χ2n) is 5.55. The van der Waals surface area contributed by atoms with E-state index in [0.29, 0.717) is 24.4 Å². The summed E-state index contributed by atoms with van der Waals surface area (Å²) in [6, 6.07) is 15.8. The molecule has 0 spiro atoms. The van der Waals surface area contributed by atoms with Crippen molar-refractivity contribution in [2.24, 2.45) is 0 Å². The molecule has 1 N–H and O–H groups in total. The Morgan fingerprint density at radius 3 is 2.28 bits per heavy atom. The van der Waals surface area contributed by atoms with Gasteiger partial charge in [0.15, 0.2) is 0 Å². The van der Waals surface area contributed by atoms with E-state index in [-0.39, 0.29) is 12.5 Å². The van der Waals surface area contributed by atoms with Crippen LogP contribution in [0.25, 0.3) is 0 Å². The third-order valence-electron chi connectivity index (χ3n) is 3.58. The molecule has 0 unspecified atom stereocenters. The molecular weight excluding hydrogens is 340 g/mol. The molecular formula is C18H22N2O4S. The molecule has 0 aliphatic rings. The molecule has 2 rings (SSSR count). The number of nitrogens with one attached hydrogen (secondary N) is 1. The van der Waals surface area contributed by atoms with Gasteiger partial charge in [-0.15, -0.1) is 0 Å². The number of amides is 1. The molecule has 0 radical (unpaired) electrons. The summed E-state index contributed by atoms with van der Waals surface area (Å²) in [5.74, 6) is -0.224. The van der Waals surface area contributed by atoms with E-state index in [4.69, 9.17) is 4.74 Å². The zero-order valence-corrected chi connectivity index (χ0v) is 15.1. The van der Waals surface area contributed by atoms with Crippen molar-refractivity contribution < 1.29 is 17.9 Å². The van der Waals surface area contributed by atoms with Gasteiger partial charge in [0.1, 0.15) is 0 Å². The maximum atomic E-state index is 12.2. The van der Waals surface area contributed by atoms with Crippen LogP contribution >= 0.6 is 0 Å². The van der Waals surface area contributed by atoms with Gasteiger partial charge in [-0.3, -0.25) is 9.10 Å². The van der Waals surface area contributed by atoms with Crippen LogP contribution in [0.5, 0.6) is 0 Å². The summed E-state index contributed by atoms with van der Waals surface area (Å²) in [7, 11) is -1.89. The summed E-state index contributed by atoms with van der Waals surface area (Å²) in [5, 5.41) is 2.72. The average Bonchev–Trinajstić information content (AvgIpc) is 2.60. The fourth-order valence-corrected chi connectivity index (χ4v) is 3.19. The maximum Gasteiger partial charge on any atom is 0.251 e. The Labute approximate surface area is 148 Å². The molecule has 6 nitrogen and oxygen atoms in total. The minimum atomic E-state index is -3.45. The average molecular weight is 362 g/mol. The molecule has 0 heterocycles. The van der Waals surface area contributed by atoms with Gasteiger partial charge in [-0.25, -0.2) is 8.42 Å². The lowest BCUT2D eigenvalue weighted by Gasteiger charge is -2.22. The molecule has 0 aliphatic carbocycles. The molecule has 0 saturated carbocycles. The molecule has 25 heavy (non-hydrogen) atoms. The van der Waals surface area contributed by atoms with Crippen molar-refractivity contribution in [3.8, 4) is 0 Å². The van der Waals surface area contributed by atoms with E-state index in [1.165, 1.54) is 10.6 Å².